The summed E-state index contributed by atoms with van der Waals surface area (Å²) in [7, 11) is -3.84. The molecule has 4 aromatic carbocycles. The van der Waals surface area contributed by atoms with Crippen LogP contribution < -0.4 is 15.6 Å². The van der Waals surface area contributed by atoms with Gasteiger partial charge in [0, 0.05) is 43.2 Å². The van der Waals surface area contributed by atoms with E-state index in [0.29, 0.717) is 29.9 Å². The van der Waals surface area contributed by atoms with Crippen molar-refractivity contribution in [2.75, 3.05) is 19.0 Å². The van der Waals surface area contributed by atoms with Gasteiger partial charge in [-0.3, -0.25) is 10.2 Å². The molecule has 0 saturated heterocycles. The molecule has 9 nitrogen and oxygen atoms in total. The molecule has 46 heavy (non-hydrogen) atoms. The second-order valence-corrected chi connectivity index (χ2v) is 12.7. The van der Waals surface area contributed by atoms with Crippen LogP contribution in [-0.4, -0.2) is 49.8 Å². The Morgan fingerprint density at radius 2 is 1.65 bits per heavy atom. The third kappa shape index (κ3) is 7.58. The minimum Gasteiger partial charge on any atom is -0.494 e. The van der Waals surface area contributed by atoms with Crippen LogP contribution >= 0.6 is 0 Å². The molecule has 240 valence electrons. The Kier molecular flexibility index (Phi) is 10.4. The second kappa shape index (κ2) is 14.6. The second-order valence-electron chi connectivity index (χ2n) is 10.6. The van der Waals surface area contributed by atoms with E-state index in [-0.39, 0.29) is 35.9 Å². The highest BCUT2D eigenvalue weighted by Gasteiger charge is 2.53. The van der Waals surface area contributed by atoms with Crippen LogP contribution in [0.4, 0.5) is 8.78 Å². The number of hydrogen-bond donors (Lipinski definition) is 3. The van der Waals surface area contributed by atoms with Crippen molar-refractivity contribution < 1.29 is 36.6 Å². The number of nitrogens with one attached hydrogen (secondary N) is 2. The molecular weight excluding hydrogens is 616 g/mol. The number of benzene rings is 4. The third-order valence-electron chi connectivity index (χ3n) is 7.48. The van der Waals surface area contributed by atoms with E-state index in [4.69, 9.17) is 19.6 Å². The molecule has 5 rings (SSSR count). The lowest BCUT2D eigenvalue weighted by Crippen LogP contribution is -2.53. The van der Waals surface area contributed by atoms with Crippen molar-refractivity contribution >= 4 is 21.6 Å². The van der Waals surface area contributed by atoms with Gasteiger partial charge in [-0.1, -0.05) is 54.6 Å². The lowest BCUT2D eigenvalue weighted by atomic mass is 9.85. The number of nitrogens with zero attached hydrogens (tertiary/aromatic N) is 1. The molecule has 0 aromatic heterocycles. The van der Waals surface area contributed by atoms with Crippen LogP contribution in [-0.2, 0) is 25.9 Å². The summed E-state index contributed by atoms with van der Waals surface area (Å²) in [5, 5.41) is 9.02. The number of carbonyl (C=O) groups excluding carboxylic acids is 1. The summed E-state index contributed by atoms with van der Waals surface area (Å²) in [6.45, 7) is 0.153. The van der Waals surface area contributed by atoms with Crippen molar-refractivity contribution in [1.82, 2.24) is 10.9 Å². The number of aliphatic hydroxyl groups is 1. The van der Waals surface area contributed by atoms with Gasteiger partial charge in [-0.25, -0.2) is 27.6 Å². The molecule has 0 bridgehead atoms. The van der Waals surface area contributed by atoms with E-state index in [1.165, 1.54) is 18.2 Å². The molecule has 0 spiro atoms. The van der Waals surface area contributed by atoms with E-state index in [1.807, 2.05) is 0 Å². The molecule has 0 radical (unpaired) electrons. The van der Waals surface area contributed by atoms with E-state index in [2.05, 4.69) is 10.9 Å². The third-order valence-corrected chi connectivity index (χ3v) is 9.21. The number of aliphatic hydroxyl groups excluding tert-OH is 1. The predicted octanol–water partition coefficient (Wildman–Crippen LogP) is 4.67. The molecule has 1 amide bonds. The minimum atomic E-state index is -3.84. The van der Waals surface area contributed by atoms with E-state index in [9.17, 15) is 22.0 Å². The number of hydrazine groups is 1. The largest absolute Gasteiger partial charge is 0.494 e. The summed E-state index contributed by atoms with van der Waals surface area (Å²) in [5.41, 5.74) is 4.69. The SMILES string of the molecule is O=C(NNCc1ccc(F)cc1F)[C@@]1(CCS(=O)(=O)c2ccccc2)N=C(c2ccc(OCCCO)cc2)O[C@H]1c1ccccc1. The van der Waals surface area contributed by atoms with Gasteiger partial charge in [-0.15, -0.1) is 0 Å². The fourth-order valence-electron chi connectivity index (χ4n) is 5.03. The summed E-state index contributed by atoms with van der Waals surface area (Å²) in [6, 6.07) is 26.7. The van der Waals surface area contributed by atoms with Crippen molar-refractivity contribution in [3.8, 4) is 5.75 Å². The summed E-state index contributed by atoms with van der Waals surface area (Å²) in [5.74, 6) is -1.98. The van der Waals surface area contributed by atoms with Crippen LogP contribution in [0.25, 0.3) is 0 Å². The van der Waals surface area contributed by atoms with E-state index in [1.54, 1.807) is 72.8 Å². The Morgan fingerprint density at radius 3 is 2.33 bits per heavy atom. The summed E-state index contributed by atoms with van der Waals surface area (Å²) in [6.07, 6.45) is -0.810. The highest BCUT2D eigenvalue weighted by molar-refractivity contribution is 7.91. The van der Waals surface area contributed by atoms with Gasteiger partial charge in [0.05, 0.1) is 17.3 Å². The van der Waals surface area contributed by atoms with Crippen LogP contribution in [0.5, 0.6) is 5.75 Å². The van der Waals surface area contributed by atoms with Crippen LogP contribution in [0.1, 0.15) is 35.6 Å². The van der Waals surface area contributed by atoms with Crippen molar-refractivity contribution in [1.29, 1.82) is 0 Å². The first-order valence-corrected chi connectivity index (χ1v) is 16.3. The number of amides is 1. The van der Waals surface area contributed by atoms with Gasteiger partial charge in [-0.05, 0) is 48.0 Å². The van der Waals surface area contributed by atoms with Crippen LogP contribution in [0, 0.1) is 11.6 Å². The topological polar surface area (TPSA) is 126 Å². The van der Waals surface area contributed by atoms with Gasteiger partial charge in [-0.2, -0.15) is 0 Å². The number of sulfone groups is 1. The van der Waals surface area contributed by atoms with Crippen LogP contribution in [0.2, 0.25) is 0 Å². The van der Waals surface area contributed by atoms with E-state index >= 15 is 0 Å². The fourth-order valence-corrected chi connectivity index (χ4v) is 6.41. The van der Waals surface area contributed by atoms with Gasteiger partial charge in [0.1, 0.15) is 17.4 Å². The van der Waals surface area contributed by atoms with Crippen molar-refractivity contribution in [2.24, 2.45) is 4.99 Å². The normalized spacial score (nSPS) is 17.6. The fraction of sp³-hybridized carbons (Fsp3) is 0.235. The first kappa shape index (κ1) is 32.7. The molecule has 0 aliphatic carbocycles. The number of ether oxygens (including phenoxy) is 2. The zero-order valence-electron chi connectivity index (χ0n) is 24.7. The van der Waals surface area contributed by atoms with E-state index < -0.39 is 44.8 Å². The molecule has 3 N–H and O–H groups in total. The first-order valence-electron chi connectivity index (χ1n) is 14.6. The highest BCUT2D eigenvalue weighted by atomic mass is 32.2. The number of halogens is 2. The van der Waals surface area contributed by atoms with Crippen molar-refractivity contribution in [2.45, 2.75) is 35.9 Å². The quantitative estimate of drug-likeness (QED) is 0.134. The average molecular weight is 650 g/mol. The molecule has 12 heteroatoms. The van der Waals surface area contributed by atoms with E-state index in [0.717, 1.165) is 12.1 Å². The molecule has 1 aliphatic heterocycles. The van der Waals surface area contributed by atoms with Crippen molar-refractivity contribution in [3.05, 3.63) is 131 Å². The minimum absolute atomic E-state index is 0.00143. The van der Waals surface area contributed by atoms with Gasteiger partial charge in [0.25, 0.3) is 5.91 Å². The molecule has 1 heterocycles. The number of carbonyl (C=O) groups is 1. The Morgan fingerprint density at radius 1 is 0.957 bits per heavy atom. The molecule has 0 fully saturated rings. The van der Waals surface area contributed by atoms with Gasteiger partial charge >= 0.3 is 0 Å². The van der Waals surface area contributed by atoms with Gasteiger partial charge < -0.3 is 14.6 Å². The standard InChI is InChI=1S/C34H33F2N3O6S/c35-27-15-12-26(30(36)22-27)23-37-39-33(41)34(18-21-46(42,43)29-10-5-2-6-11-29)31(24-8-3-1-4-9-24)45-32(38-34)25-13-16-28(17-14-25)44-20-7-19-40/h1-6,8-17,22,31,37,40H,7,18-21,23H2,(H,39,41)/t31-,34-/m0/s1. The lowest BCUT2D eigenvalue weighted by Gasteiger charge is -2.30. The molecule has 0 saturated carbocycles. The smallest absolute Gasteiger partial charge is 0.266 e. The summed E-state index contributed by atoms with van der Waals surface area (Å²) in [4.78, 5) is 19.0. The Bertz CT molecular complexity index is 1770. The first-order chi connectivity index (χ1) is 22.2. The van der Waals surface area contributed by atoms with Crippen LogP contribution in [0.3, 0.4) is 0 Å². The Labute approximate surface area is 265 Å². The summed E-state index contributed by atoms with van der Waals surface area (Å²) < 4.78 is 66.5. The Balaban J connectivity index is 1.50. The zero-order valence-corrected chi connectivity index (χ0v) is 25.6. The van der Waals surface area contributed by atoms with Gasteiger partial charge in [0.2, 0.25) is 5.90 Å². The maximum atomic E-state index is 14.3. The molecule has 1 aliphatic rings. The average Bonchev–Trinajstić information content (AvgIpc) is 3.47. The molecular formula is C34H33F2N3O6S. The molecule has 2 atom stereocenters. The lowest BCUT2D eigenvalue weighted by molar-refractivity contribution is -0.130. The maximum absolute atomic E-state index is 14.3. The Hall–Kier alpha value is -4.65. The number of hydrogen-bond acceptors (Lipinski definition) is 8. The monoisotopic (exact) mass is 649 g/mol. The predicted molar refractivity (Wildman–Crippen MR) is 168 cm³/mol. The number of rotatable bonds is 14. The van der Waals surface area contributed by atoms with Crippen molar-refractivity contribution in [3.63, 3.8) is 0 Å². The number of aliphatic imine (C=N–C) groups is 1. The van der Waals surface area contributed by atoms with Gasteiger partial charge in [0.15, 0.2) is 21.5 Å². The molecule has 0 unspecified atom stereocenters. The highest BCUT2D eigenvalue weighted by Crippen LogP contribution is 2.43. The summed E-state index contributed by atoms with van der Waals surface area (Å²) >= 11 is 0. The molecule has 4 aromatic rings. The zero-order chi connectivity index (χ0) is 32.6. The maximum Gasteiger partial charge on any atom is 0.266 e. The van der Waals surface area contributed by atoms with Crippen LogP contribution in [0.15, 0.2) is 113 Å².